The molecule has 2 aliphatic heterocycles. The van der Waals surface area contributed by atoms with Crippen LogP contribution in [0.4, 0.5) is 24.8 Å². The van der Waals surface area contributed by atoms with Gasteiger partial charge in [-0.15, -0.1) is 0 Å². The summed E-state index contributed by atoms with van der Waals surface area (Å²) in [5.74, 6) is 1.94. The van der Waals surface area contributed by atoms with Gasteiger partial charge in [0.25, 0.3) is 5.91 Å². The van der Waals surface area contributed by atoms with Gasteiger partial charge in [0, 0.05) is 49.0 Å². The number of alkyl halides is 3. The summed E-state index contributed by atoms with van der Waals surface area (Å²) in [4.78, 5) is 35.8. The monoisotopic (exact) mass is 812 g/mol. The van der Waals surface area contributed by atoms with Crippen LogP contribution in [-0.2, 0) is 6.18 Å². The van der Waals surface area contributed by atoms with Crippen molar-refractivity contribution in [2.24, 2.45) is 5.73 Å². The third-order valence-electron chi connectivity index (χ3n) is 10.8. The van der Waals surface area contributed by atoms with Crippen molar-refractivity contribution < 1.29 is 28.2 Å². The van der Waals surface area contributed by atoms with E-state index in [0.29, 0.717) is 53.6 Å². The van der Waals surface area contributed by atoms with Crippen molar-refractivity contribution in [3.05, 3.63) is 131 Å². The normalized spacial score (nSPS) is 16.6. The van der Waals surface area contributed by atoms with Crippen molar-refractivity contribution in [2.75, 3.05) is 36.0 Å². The van der Waals surface area contributed by atoms with Gasteiger partial charge in [0.15, 0.2) is 11.6 Å². The van der Waals surface area contributed by atoms with E-state index in [2.05, 4.69) is 38.4 Å². The van der Waals surface area contributed by atoms with Gasteiger partial charge in [0.2, 0.25) is 0 Å². The van der Waals surface area contributed by atoms with Gasteiger partial charge in [0.05, 0.1) is 33.3 Å². The molecular weight excluding hydrogens is 770 g/mol. The average Bonchev–Trinajstić information content (AvgIpc) is 3.89. The van der Waals surface area contributed by atoms with Crippen LogP contribution in [0.25, 0.3) is 44.6 Å². The maximum atomic E-state index is 13.4. The van der Waals surface area contributed by atoms with E-state index < -0.39 is 23.2 Å². The quantitative estimate of drug-likeness (QED) is 0.129. The summed E-state index contributed by atoms with van der Waals surface area (Å²) in [6, 6.07) is 30.6. The number of hydrogen-bond acceptors (Lipinski definition) is 10. The highest BCUT2D eigenvalue weighted by atomic mass is 19.4. The minimum Gasteiger partial charge on any atom is -0.507 e. The highest BCUT2D eigenvalue weighted by molar-refractivity contribution is 5.96. The lowest BCUT2D eigenvalue weighted by atomic mass is 10.1. The van der Waals surface area contributed by atoms with E-state index in [4.69, 9.17) is 15.7 Å². The fourth-order valence-electron chi connectivity index (χ4n) is 7.74. The number of nitrogens with two attached hydrogens (primary N) is 1. The Balaban J connectivity index is 0.000000180. The summed E-state index contributed by atoms with van der Waals surface area (Å²) in [7, 11) is 0. The van der Waals surface area contributed by atoms with Gasteiger partial charge in [-0.05, 0) is 98.5 Å². The minimum atomic E-state index is -4.62. The van der Waals surface area contributed by atoms with E-state index in [1.807, 2.05) is 49.1 Å². The topological polar surface area (TPSA) is 154 Å². The van der Waals surface area contributed by atoms with E-state index in [9.17, 15) is 28.2 Å². The van der Waals surface area contributed by atoms with Gasteiger partial charge in [0.1, 0.15) is 23.1 Å². The molecule has 2 fully saturated rings. The molecule has 4 heterocycles. The van der Waals surface area contributed by atoms with Gasteiger partial charge in [-0.25, -0.2) is 19.9 Å². The molecule has 2 atom stereocenters. The maximum absolute atomic E-state index is 13.4. The van der Waals surface area contributed by atoms with Gasteiger partial charge < -0.3 is 31.1 Å². The number of aromatic hydroxyl groups is 2. The molecule has 14 heteroatoms. The number of aryl methyl sites for hydroxylation is 2. The SMILES string of the molecule is Cc1ccc2c(N3CC[C@@H](N)C3)nc(-c3ccccc3O)nc2c1.Cc1ccc2c(N3CC[C@@H](NC(=O)c4ccccc4C(F)(F)F)C3)nc(-c3ccccc3O)nc2c1. The van der Waals surface area contributed by atoms with E-state index >= 15 is 0 Å². The molecule has 11 nitrogen and oxygen atoms in total. The number of fused-ring (bicyclic) bond motifs is 2. The largest absolute Gasteiger partial charge is 0.507 e. The van der Waals surface area contributed by atoms with Gasteiger partial charge in [-0.1, -0.05) is 48.5 Å². The van der Waals surface area contributed by atoms with E-state index in [-0.39, 0.29) is 23.6 Å². The van der Waals surface area contributed by atoms with E-state index in [0.717, 1.165) is 58.8 Å². The summed E-state index contributed by atoms with van der Waals surface area (Å²) in [5.41, 5.74) is 9.63. The van der Waals surface area contributed by atoms with Crippen molar-refractivity contribution in [1.29, 1.82) is 0 Å². The van der Waals surface area contributed by atoms with Crippen molar-refractivity contribution in [3.8, 4) is 34.3 Å². The summed E-state index contributed by atoms with van der Waals surface area (Å²) in [5, 5.41) is 25.1. The lowest BCUT2D eigenvalue weighted by Crippen LogP contribution is -2.38. The number of carbonyl (C=O) groups excluding carboxylic acids is 1. The van der Waals surface area contributed by atoms with Crippen LogP contribution in [0.2, 0.25) is 0 Å². The van der Waals surface area contributed by atoms with Crippen molar-refractivity contribution in [2.45, 2.75) is 44.9 Å². The molecule has 0 saturated carbocycles. The van der Waals surface area contributed by atoms with Crippen LogP contribution in [0.15, 0.2) is 109 Å². The predicted molar refractivity (Wildman–Crippen MR) is 227 cm³/mol. The number of benzene rings is 5. The zero-order valence-electron chi connectivity index (χ0n) is 33.0. The zero-order valence-corrected chi connectivity index (χ0v) is 33.0. The molecule has 5 aromatic carbocycles. The Kier molecular flexibility index (Phi) is 11.0. The Hall–Kier alpha value is -6.80. The number of phenolic OH excluding ortho intramolecular Hbond substituents is 2. The minimum absolute atomic E-state index is 0.0605. The molecule has 0 bridgehead atoms. The Bertz CT molecular complexity index is 2730. The van der Waals surface area contributed by atoms with Gasteiger partial charge >= 0.3 is 6.18 Å². The number of phenols is 2. The second-order valence-corrected chi connectivity index (χ2v) is 15.3. The van der Waals surface area contributed by atoms with Crippen LogP contribution in [-0.4, -0.2) is 74.3 Å². The number of rotatable bonds is 6. The Morgan fingerprint density at radius 2 is 1.18 bits per heavy atom. The van der Waals surface area contributed by atoms with Crippen molar-refractivity contribution >= 4 is 39.3 Å². The number of aromatic nitrogens is 4. The third kappa shape index (κ3) is 8.36. The first-order valence-corrected chi connectivity index (χ1v) is 19.7. The molecule has 0 spiro atoms. The first-order chi connectivity index (χ1) is 28.8. The molecule has 7 aromatic rings. The van der Waals surface area contributed by atoms with Crippen molar-refractivity contribution in [1.82, 2.24) is 25.3 Å². The Morgan fingerprint density at radius 1 is 0.683 bits per heavy atom. The molecule has 0 radical (unpaired) electrons. The highest BCUT2D eigenvalue weighted by Crippen LogP contribution is 2.36. The molecule has 1 amide bonds. The third-order valence-corrected chi connectivity index (χ3v) is 10.8. The molecule has 60 heavy (non-hydrogen) atoms. The molecule has 2 aromatic heterocycles. The van der Waals surface area contributed by atoms with Crippen LogP contribution in [0.3, 0.4) is 0 Å². The van der Waals surface area contributed by atoms with Crippen LogP contribution < -0.4 is 20.9 Å². The zero-order chi connectivity index (χ0) is 42.1. The molecule has 5 N–H and O–H groups in total. The number of halogens is 3. The van der Waals surface area contributed by atoms with Crippen LogP contribution in [0, 0.1) is 13.8 Å². The first-order valence-electron chi connectivity index (χ1n) is 19.7. The van der Waals surface area contributed by atoms with E-state index in [1.165, 1.54) is 18.2 Å². The molecule has 0 unspecified atom stereocenters. The first kappa shape index (κ1) is 40.0. The Morgan fingerprint density at radius 3 is 1.70 bits per heavy atom. The smallest absolute Gasteiger partial charge is 0.417 e. The molecule has 0 aliphatic carbocycles. The molecule has 2 aliphatic rings. The van der Waals surface area contributed by atoms with Crippen LogP contribution in [0.1, 0.15) is 39.9 Å². The van der Waals surface area contributed by atoms with Gasteiger partial charge in [-0.2, -0.15) is 13.2 Å². The standard InChI is InChI=1S/C27H23F3N4O2.C19H20N4O/c1-16-10-11-19-22(14-16)32-24(20-7-3-5-9-23(20)35)33-25(19)34-13-12-17(15-34)31-26(36)18-6-2-4-8-21(18)27(28,29)30;1-12-6-7-14-16(10-12)21-18(15-4-2-3-5-17(15)24)22-19(14)23-9-8-13(20)11-23/h2-11,14,17,35H,12-13,15H2,1H3,(H,31,36);2-7,10,13,24H,8-9,11,20H2,1H3/t17-;13-/m11/s1. The average molecular weight is 813 g/mol. The molecule has 306 valence electrons. The van der Waals surface area contributed by atoms with Gasteiger partial charge in [-0.3, -0.25) is 4.79 Å². The predicted octanol–water partition coefficient (Wildman–Crippen LogP) is 8.19. The number of carbonyl (C=O) groups is 1. The molecule has 2 saturated heterocycles. The Labute approximate surface area is 344 Å². The number of nitrogens with one attached hydrogen (secondary N) is 1. The summed E-state index contributed by atoms with van der Waals surface area (Å²) in [6.07, 6.45) is -3.11. The summed E-state index contributed by atoms with van der Waals surface area (Å²) >= 11 is 0. The number of para-hydroxylation sites is 2. The van der Waals surface area contributed by atoms with Crippen LogP contribution >= 0.6 is 0 Å². The van der Waals surface area contributed by atoms with Crippen LogP contribution in [0.5, 0.6) is 11.5 Å². The lowest BCUT2D eigenvalue weighted by Gasteiger charge is -2.21. The second-order valence-electron chi connectivity index (χ2n) is 15.3. The summed E-state index contributed by atoms with van der Waals surface area (Å²) in [6.45, 7) is 6.61. The molecule has 9 rings (SSSR count). The number of anilines is 2. The highest BCUT2D eigenvalue weighted by Gasteiger charge is 2.36. The maximum Gasteiger partial charge on any atom is 0.417 e. The van der Waals surface area contributed by atoms with Crippen molar-refractivity contribution in [3.63, 3.8) is 0 Å². The number of hydrogen-bond donors (Lipinski definition) is 4. The fourth-order valence-corrected chi connectivity index (χ4v) is 7.74. The molecular formula is C46H43F3N8O3. The summed E-state index contributed by atoms with van der Waals surface area (Å²) < 4.78 is 40.1. The number of amides is 1. The fraction of sp³-hybridized carbons (Fsp3) is 0.239. The number of nitrogens with zero attached hydrogens (tertiary/aromatic N) is 6. The second kappa shape index (κ2) is 16.5. The van der Waals surface area contributed by atoms with E-state index in [1.54, 1.807) is 36.4 Å². The lowest BCUT2D eigenvalue weighted by molar-refractivity contribution is -0.137.